The summed E-state index contributed by atoms with van der Waals surface area (Å²) in [7, 11) is 0. The summed E-state index contributed by atoms with van der Waals surface area (Å²) in [5.41, 5.74) is 0. The maximum Gasteiger partial charge on any atom is 0.100 e. The number of aliphatic hydroxyl groups is 3. The first-order valence-corrected chi connectivity index (χ1v) is 10.4. The van der Waals surface area contributed by atoms with Crippen LogP contribution >= 0.6 is 0 Å². The lowest BCUT2D eigenvalue weighted by atomic mass is 10.1. The highest BCUT2D eigenvalue weighted by Gasteiger charge is 2.01. The lowest BCUT2D eigenvalue weighted by molar-refractivity contribution is 0.00526. The first-order valence-electron chi connectivity index (χ1n) is 10.4. The van der Waals surface area contributed by atoms with Crippen LogP contribution in [0.4, 0.5) is 0 Å². The summed E-state index contributed by atoms with van der Waals surface area (Å²) < 4.78 is 5.27. The molecule has 0 aromatic heterocycles. The van der Waals surface area contributed by atoms with Gasteiger partial charge in [0, 0.05) is 6.61 Å². The number of hydrogen-bond acceptors (Lipinski definition) is 4. The average molecular weight is 359 g/mol. The van der Waals surface area contributed by atoms with Gasteiger partial charge in [0.2, 0.25) is 0 Å². The molecule has 0 aliphatic carbocycles. The summed E-state index contributed by atoms with van der Waals surface area (Å²) >= 11 is 0. The molecule has 2 unspecified atom stereocenters. The van der Waals surface area contributed by atoms with Gasteiger partial charge in [0.15, 0.2) is 0 Å². The van der Waals surface area contributed by atoms with E-state index >= 15 is 0 Å². The molecule has 0 amide bonds. The maximum absolute atomic E-state index is 9.87. The molecule has 0 spiro atoms. The zero-order valence-corrected chi connectivity index (χ0v) is 16.4. The van der Waals surface area contributed by atoms with Crippen LogP contribution < -0.4 is 0 Å². The molecule has 4 nitrogen and oxygen atoms in total. The van der Waals surface area contributed by atoms with E-state index in [0.717, 1.165) is 38.5 Å². The van der Waals surface area contributed by atoms with Gasteiger partial charge in [0.25, 0.3) is 0 Å². The van der Waals surface area contributed by atoms with Gasteiger partial charge in [-0.1, -0.05) is 70.4 Å². The second-order valence-corrected chi connectivity index (χ2v) is 7.03. The topological polar surface area (TPSA) is 69.9 Å². The van der Waals surface area contributed by atoms with Crippen molar-refractivity contribution >= 4 is 0 Å². The molecule has 0 fully saturated rings. The largest absolute Gasteiger partial charge is 0.394 e. The third-order valence-corrected chi connectivity index (χ3v) is 4.40. The minimum atomic E-state index is -0.741. The van der Waals surface area contributed by atoms with Crippen LogP contribution in [0.3, 0.4) is 0 Å². The van der Waals surface area contributed by atoms with Crippen LogP contribution in [0.25, 0.3) is 0 Å². The molecule has 0 saturated carbocycles. The van der Waals surface area contributed by atoms with E-state index in [0.29, 0.717) is 6.61 Å². The second kappa shape index (κ2) is 19.9. The maximum atomic E-state index is 9.87. The van der Waals surface area contributed by atoms with Crippen molar-refractivity contribution in [3.8, 4) is 0 Å². The summed E-state index contributed by atoms with van der Waals surface area (Å²) in [5.74, 6) is 0. The minimum Gasteiger partial charge on any atom is -0.394 e. The minimum absolute atomic E-state index is 0.159. The number of allylic oxidation sites excluding steroid dienone is 1. The van der Waals surface area contributed by atoms with Crippen LogP contribution in [0.5, 0.6) is 0 Å². The van der Waals surface area contributed by atoms with Crippen molar-refractivity contribution in [3.63, 3.8) is 0 Å². The highest BCUT2D eigenvalue weighted by molar-refractivity contribution is 4.84. The lowest BCUT2D eigenvalue weighted by Crippen LogP contribution is -2.19. The molecule has 4 heteroatoms. The van der Waals surface area contributed by atoms with Crippen molar-refractivity contribution in [3.05, 3.63) is 12.2 Å². The number of unbranched alkanes of at least 4 members (excludes halogenated alkanes) is 9. The second-order valence-electron chi connectivity index (χ2n) is 7.03. The molecule has 0 bridgehead atoms. The van der Waals surface area contributed by atoms with Gasteiger partial charge in [-0.15, -0.1) is 0 Å². The smallest absolute Gasteiger partial charge is 0.100 e. The zero-order valence-electron chi connectivity index (χ0n) is 16.4. The van der Waals surface area contributed by atoms with E-state index in [-0.39, 0.29) is 19.3 Å². The lowest BCUT2D eigenvalue weighted by Gasteiger charge is -2.08. The van der Waals surface area contributed by atoms with Crippen molar-refractivity contribution in [2.24, 2.45) is 0 Å². The molecule has 2 atom stereocenters. The number of ether oxygens (including phenoxy) is 1. The fourth-order valence-corrected chi connectivity index (χ4v) is 2.74. The number of rotatable bonds is 19. The van der Waals surface area contributed by atoms with Gasteiger partial charge in [-0.3, -0.25) is 0 Å². The molecule has 0 aromatic rings. The van der Waals surface area contributed by atoms with E-state index in [1.807, 2.05) is 0 Å². The fourth-order valence-electron chi connectivity index (χ4n) is 2.74. The molecule has 0 aliphatic rings. The molecule has 0 heterocycles. The molecular weight excluding hydrogens is 316 g/mol. The van der Waals surface area contributed by atoms with Crippen LogP contribution in [0.15, 0.2) is 12.2 Å². The molecule has 0 aliphatic heterocycles. The molecule has 0 aromatic carbocycles. The summed E-state index contributed by atoms with van der Waals surface area (Å²) in [4.78, 5) is 0. The third kappa shape index (κ3) is 19.7. The van der Waals surface area contributed by atoms with Gasteiger partial charge in [-0.25, -0.2) is 0 Å². The molecule has 0 radical (unpaired) electrons. The summed E-state index contributed by atoms with van der Waals surface area (Å²) in [6, 6.07) is 0. The highest BCUT2D eigenvalue weighted by atomic mass is 16.5. The standard InChI is InChI=1S/C21H42O4/c1-2-3-4-12-15-20(23)16-13-10-8-6-5-7-9-11-14-17-25-19-21(24)18-22/h10,13,20-24H,2-9,11-12,14-19H2,1H3/b13-10-. The van der Waals surface area contributed by atoms with E-state index in [9.17, 15) is 5.11 Å². The van der Waals surface area contributed by atoms with Gasteiger partial charge in [0.05, 0.1) is 19.3 Å². The summed E-state index contributed by atoms with van der Waals surface area (Å²) in [6.45, 7) is 2.88. The fraction of sp³-hybridized carbons (Fsp3) is 0.905. The van der Waals surface area contributed by atoms with E-state index in [1.165, 1.54) is 44.9 Å². The Kier molecular flexibility index (Phi) is 19.6. The Hall–Kier alpha value is -0.420. The van der Waals surface area contributed by atoms with E-state index in [1.54, 1.807) is 0 Å². The molecule has 0 saturated heterocycles. The Morgan fingerprint density at radius 1 is 0.800 bits per heavy atom. The van der Waals surface area contributed by atoms with E-state index < -0.39 is 6.10 Å². The van der Waals surface area contributed by atoms with Gasteiger partial charge in [-0.2, -0.15) is 0 Å². The summed E-state index contributed by atoms with van der Waals surface area (Å²) in [5, 5.41) is 27.6. The Balaban J connectivity index is 3.22. The van der Waals surface area contributed by atoms with Crippen LogP contribution in [0.1, 0.15) is 90.4 Å². The quantitative estimate of drug-likeness (QED) is 0.237. The summed E-state index contributed by atoms with van der Waals surface area (Å²) in [6.07, 6.45) is 18.4. The third-order valence-electron chi connectivity index (χ3n) is 4.40. The van der Waals surface area contributed by atoms with Gasteiger partial charge >= 0.3 is 0 Å². The first kappa shape index (κ1) is 24.6. The number of aliphatic hydroxyl groups excluding tert-OH is 3. The predicted octanol–water partition coefficient (Wildman–Crippen LogP) is 4.36. The zero-order chi connectivity index (χ0) is 18.6. The van der Waals surface area contributed by atoms with Crippen molar-refractivity contribution in [1.29, 1.82) is 0 Å². The van der Waals surface area contributed by atoms with Crippen LogP contribution in [0, 0.1) is 0 Å². The van der Waals surface area contributed by atoms with Crippen LogP contribution in [-0.4, -0.2) is 47.3 Å². The van der Waals surface area contributed by atoms with Gasteiger partial charge in [0.1, 0.15) is 6.10 Å². The van der Waals surface area contributed by atoms with Crippen molar-refractivity contribution in [2.75, 3.05) is 19.8 Å². The Morgan fingerprint density at radius 2 is 1.48 bits per heavy atom. The van der Waals surface area contributed by atoms with Crippen molar-refractivity contribution in [2.45, 2.75) is 103 Å². The van der Waals surface area contributed by atoms with Crippen molar-refractivity contribution < 1.29 is 20.1 Å². The van der Waals surface area contributed by atoms with Gasteiger partial charge in [-0.05, 0) is 32.1 Å². The molecule has 25 heavy (non-hydrogen) atoms. The predicted molar refractivity (Wildman–Crippen MR) is 105 cm³/mol. The Morgan fingerprint density at radius 3 is 2.20 bits per heavy atom. The first-order chi connectivity index (χ1) is 12.2. The van der Waals surface area contributed by atoms with Crippen LogP contribution in [-0.2, 0) is 4.74 Å². The SMILES string of the molecule is CCCCCCC(O)C/C=C\CCCCCCCCOCC(O)CO. The molecular formula is C21H42O4. The Bertz CT molecular complexity index is 281. The average Bonchev–Trinajstić information content (AvgIpc) is 2.62. The number of hydrogen-bond donors (Lipinski definition) is 3. The normalized spacial score (nSPS) is 14.2. The highest BCUT2D eigenvalue weighted by Crippen LogP contribution is 2.10. The van der Waals surface area contributed by atoms with Crippen LogP contribution in [0.2, 0.25) is 0 Å². The van der Waals surface area contributed by atoms with Gasteiger partial charge < -0.3 is 20.1 Å². The molecule has 3 N–H and O–H groups in total. The van der Waals surface area contributed by atoms with Crippen molar-refractivity contribution in [1.82, 2.24) is 0 Å². The molecule has 150 valence electrons. The van der Waals surface area contributed by atoms with E-state index in [2.05, 4.69) is 19.1 Å². The van der Waals surface area contributed by atoms with E-state index in [4.69, 9.17) is 14.9 Å². The molecule has 0 rings (SSSR count). The monoisotopic (exact) mass is 358 g/mol. The Labute approximate surface area is 155 Å².